The number of aliphatic hydroxyl groups excluding tert-OH is 1. The molecule has 1 aliphatic rings. The summed E-state index contributed by atoms with van der Waals surface area (Å²) in [6.07, 6.45) is 6.00. The number of rotatable bonds is 7. The Morgan fingerprint density at radius 1 is 1.23 bits per heavy atom. The molecule has 22 heavy (non-hydrogen) atoms. The minimum atomic E-state index is -0.456. The summed E-state index contributed by atoms with van der Waals surface area (Å²) in [4.78, 5) is 0. The molecule has 1 aliphatic carbocycles. The van der Waals surface area contributed by atoms with Crippen molar-refractivity contribution in [2.24, 2.45) is 0 Å². The first-order valence-electron chi connectivity index (χ1n) is 8.71. The Labute approximate surface area is 135 Å². The van der Waals surface area contributed by atoms with Crippen molar-refractivity contribution in [2.45, 2.75) is 70.9 Å². The van der Waals surface area contributed by atoms with Crippen LogP contribution < -0.4 is 10.1 Å². The van der Waals surface area contributed by atoms with Crippen LogP contribution in [0.4, 0.5) is 0 Å². The van der Waals surface area contributed by atoms with Crippen molar-refractivity contribution in [3.63, 3.8) is 0 Å². The Morgan fingerprint density at radius 2 is 1.95 bits per heavy atom. The highest BCUT2D eigenvalue weighted by atomic mass is 16.5. The lowest BCUT2D eigenvalue weighted by Gasteiger charge is -2.24. The molecule has 1 fully saturated rings. The van der Waals surface area contributed by atoms with Gasteiger partial charge in [0.15, 0.2) is 0 Å². The topological polar surface area (TPSA) is 41.5 Å². The van der Waals surface area contributed by atoms with Crippen LogP contribution in [0.2, 0.25) is 0 Å². The van der Waals surface area contributed by atoms with Crippen LogP contribution in [-0.4, -0.2) is 30.4 Å². The third-order valence-corrected chi connectivity index (χ3v) is 4.47. The van der Waals surface area contributed by atoms with E-state index >= 15 is 0 Å². The van der Waals surface area contributed by atoms with E-state index in [9.17, 15) is 5.11 Å². The monoisotopic (exact) mass is 305 g/mol. The Kier molecular flexibility index (Phi) is 6.71. The average Bonchev–Trinajstić information content (AvgIpc) is 2.51. The number of hydrogen-bond acceptors (Lipinski definition) is 3. The number of nitrogens with one attached hydrogen (secondary N) is 1. The zero-order chi connectivity index (χ0) is 15.9. The lowest BCUT2D eigenvalue weighted by molar-refractivity contribution is 0.101. The number of aryl methyl sites for hydroxylation is 1. The molecular formula is C19H31NO2. The van der Waals surface area contributed by atoms with Gasteiger partial charge in [0.2, 0.25) is 0 Å². The van der Waals surface area contributed by atoms with Crippen molar-refractivity contribution in [2.75, 3.05) is 13.2 Å². The molecule has 0 aliphatic heterocycles. The van der Waals surface area contributed by atoms with Gasteiger partial charge in [-0.1, -0.05) is 45.2 Å². The molecule has 2 rings (SSSR count). The first-order chi connectivity index (χ1) is 10.6. The molecule has 0 radical (unpaired) electrons. The molecule has 1 atom stereocenters. The normalized spacial score (nSPS) is 17.7. The molecule has 2 N–H and O–H groups in total. The van der Waals surface area contributed by atoms with E-state index in [1.54, 1.807) is 0 Å². The van der Waals surface area contributed by atoms with Crippen molar-refractivity contribution < 1.29 is 9.84 Å². The fraction of sp³-hybridized carbons (Fsp3) is 0.684. The second kappa shape index (κ2) is 8.54. The van der Waals surface area contributed by atoms with Crippen LogP contribution in [0.1, 0.15) is 63.0 Å². The first kappa shape index (κ1) is 17.3. The summed E-state index contributed by atoms with van der Waals surface area (Å²) in [5, 5.41) is 13.6. The minimum Gasteiger partial charge on any atom is -0.491 e. The summed E-state index contributed by atoms with van der Waals surface area (Å²) in [7, 11) is 0. The zero-order valence-corrected chi connectivity index (χ0v) is 14.3. The van der Waals surface area contributed by atoms with E-state index in [0.29, 0.717) is 25.1 Å². The molecule has 0 spiro atoms. The molecular weight excluding hydrogens is 274 g/mol. The van der Waals surface area contributed by atoms with E-state index < -0.39 is 6.10 Å². The van der Waals surface area contributed by atoms with Crippen LogP contribution in [0.3, 0.4) is 0 Å². The van der Waals surface area contributed by atoms with Gasteiger partial charge in [0.25, 0.3) is 0 Å². The zero-order valence-electron chi connectivity index (χ0n) is 14.3. The van der Waals surface area contributed by atoms with Gasteiger partial charge in [0.05, 0.1) is 0 Å². The molecule has 3 nitrogen and oxygen atoms in total. The third kappa shape index (κ3) is 5.29. The fourth-order valence-electron chi connectivity index (χ4n) is 3.10. The third-order valence-electron chi connectivity index (χ3n) is 4.47. The Morgan fingerprint density at radius 3 is 2.64 bits per heavy atom. The van der Waals surface area contributed by atoms with E-state index in [1.165, 1.54) is 43.2 Å². The van der Waals surface area contributed by atoms with E-state index in [-0.39, 0.29) is 0 Å². The number of ether oxygens (including phenoxy) is 1. The molecule has 124 valence electrons. The van der Waals surface area contributed by atoms with Gasteiger partial charge in [-0.2, -0.15) is 0 Å². The molecule has 0 amide bonds. The van der Waals surface area contributed by atoms with E-state index in [4.69, 9.17) is 4.74 Å². The highest BCUT2D eigenvalue weighted by molar-refractivity contribution is 5.39. The molecule has 0 heterocycles. The van der Waals surface area contributed by atoms with Gasteiger partial charge in [0, 0.05) is 12.6 Å². The molecule has 0 saturated heterocycles. The lowest BCUT2D eigenvalue weighted by atomic mass is 9.95. The smallest absolute Gasteiger partial charge is 0.123 e. The summed E-state index contributed by atoms with van der Waals surface area (Å²) in [6, 6.07) is 6.88. The predicted octanol–water partition coefficient (Wildman–Crippen LogP) is 3.78. The van der Waals surface area contributed by atoms with Gasteiger partial charge in [-0.3, -0.25) is 0 Å². The highest BCUT2D eigenvalue weighted by Gasteiger charge is 2.15. The largest absolute Gasteiger partial charge is 0.491 e. The molecule has 0 aromatic heterocycles. The van der Waals surface area contributed by atoms with Crippen LogP contribution in [0, 0.1) is 6.92 Å². The van der Waals surface area contributed by atoms with Gasteiger partial charge in [-0.15, -0.1) is 0 Å². The molecule has 0 unspecified atom stereocenters. The molecule has 1 aromatic carbocycles. The van der Waals surface area contributed by atoms with Gasteiger partial charge < -0.3 is 15.2 Å². The van der Waals surface area contributed by atoms with E-state index in [2.05, 4.69) is 44.3 Å². The fourth-order valence-corrected chi connectivity index (χ4v) is 3.10. The second-order valence-electron chi connectivity index (χ2n) is 6.90. The average molecular weight is 305 g/mol. The summed E-state index contributed by atoms with van der Waals surface area (Å²) >= 11 is 0. The molecule has 1 saturated carbocycles. The SMILES string of the molecule is Cc1ccc(C(C)C)c(OC[C@@H](O)CNC2CCCCC2)c1. The maximum atomic E-state index is 10.2. The van der Waals surface area contributed by atoms with Crippen LogP contribution in [-0.2, 0) is 0 Å². The van der Waals surface area contributed by atoms with Gasteiger partial charge in [-0.05, 0) is 42.9 Å². The van der Waals surface area contributed by atoms with Gasteiger partial charge in [-0.25, -0.2) is 0 Å². The minimum absolute atomic E-state index is 0.350. The summed E-state index contributed by atoms with van der Waals surface area (Å²) in [6.45, 7) is 7.37. The quantitative estimate of drug-likeness (QED) is 0.805. The maximum absolute atomic E-state index is 10.2. The highest BCUT2D eigenvalue weighted by Crippen LogP contribution is 2.27. The summed E-state index contributed by atoms with van der Waals surface area (Å²) in [5.74, 6) is 1.33. The standard InChI is InChI=1S/C19H31NO2/c1-14(2)18-10-9-15(3)11-19(18)22-13-17(21)12-20-16-7-5-4-6-8-16/h9-11,14,16-17,20-21H,4-8,12-13H2,1-3H3/t17-/m0/s1. The van der Waals surface area contributed by atoms with Gasteiger partial charge in [0.1, 0.15) is 18.5 Å². The van der Waals surface area contributed by atoms with Crippen molar-refractivity contribution >= 4 is 0 Å². The van der Waals surface area contributed by atoms with E-state index in [0.717, 1.165) is 5.75 Å². The Balaban J connectivity index is 1.80. The summed E-state index contributed by atoms with van der Waals surface area (Å²) < 4.78 is 5.89. The van der Waals surface area contributed by atoms with Crippen molar-refractivity contribution in [1.29, 1.82) is 0 Å². The number of benzene rings is 1. The Bertz CT molecular complexity index is 453. The number of aliphatic hydroxyl groups is 1. The Hall–Kier alpha value is -1.06. The van der Waals surface area contributed by atoms with Crippen LogP contribution >= 0.6 is 0 Å². The molecule has 1 aromatic rings. The molecule has 3 heteroatoms. The number of hydrogen-bond donors (Lipinski definition) is 2. The summed E-state index contributed by atoms with van der Waals surface area (Å²) in [5.41, 5.74) is 2.40. The first-order valence-corrected chi connectivity index (χ1v) is 8.71. The predicted molar refractivity (Wildman–Crippen MR) is 91.6 cm³/mol. The van der Waals surface area contributed by atoms with Crippen LogP contribution in [0.25, 0.3) is 0 Å². The van der Waals surface area contributed by atoms with Crippen molar-refractivity contribution in [1.82, 2.24) is 5.32 Å². The van der Waals surface area contributed by atoms with Crippen LogP contribution in [0.5, 0.6) is 5.75 Å². The van der Waals surface area contributed by atoms with E-state index in [1.807, 2.05) is 0 Å². The molecule has 0 bridgehead atoms. The lowest BCUT2D eigenvalue weighted by Crippen LogP contribution is -2.39. The maximum Gasteiger partial charge on any atom is 0.123 e. The van der Waals surface area contributed by atoms with Gasteiger partial charge >= 0.3 is 0 Å². The van der Waals surface area contributed by atoms with Crippen molar-refractivity contribution in [3.05, 3.63) is 29.3 Å². The van der Waals surface area contributed by atoms with Crippen LogP contribution in [0.15, 0.2) is 18.2 Å². The second-order valence-corrected chi connectivity index (χ2v) is 6.90. The van der Waals surface area contributed by atoms with Crippen molar-refractivity contribution in [3.8, 4) is 5.75 Å².